The summed E-state index contributed by atoms with van der Waals surface area (Å²) in [6.45, 7) is 3.48. The van der Waals surface area contributed by atoms with Gasteiger partial charge in [-0.05, 0) is 43.9 Å². The maximum Gasteiger partial charge on any atom is 0.191 e. The molecule has 0 saturated carbocycles. The zero-order valence-electron chi connectivity index (χ0n) is 16.4. The highest BCUT2D eigenvalue weighted by Gasteiger charge is 2.01. The van der Waals surface area contributed by atoms with Crippen molar-refractivity contribution >= 4 is 5.96 Å². The standard InChI is InChI=1S/C21H30N4O2/c1-22-21(23-12-14-26-19-9-5-4-6-10-19)24-17-18-8-7-11-20(16-18)27-15-13-25(2)3/h4-11,16H,12-15,17H2,1-3H3,(H2,22,23,24). The summed E-state index contributed by atoms with van der Waals surface area (Å²) in [4.78, 5) is 6.34. The van der Waals surface area contributed by atoms with Gasteiger partial charge in [-0.2, -0.15) is 0 Å². The molecule has 0 saturated heterocycles. The van der Waals surface area contributed by atoms with E-state index in [4.69, 9.17) is 9.47 Å². The first-order valence-electron chi connectivity index (χ1n) is 9.16. The molecule has 0 aliphatic rings. The van der Waals surface area contributed by atoms with Gasteiger partial charge in [-0.1, -0.05) is 30.3 Å². The van der Waals surface area contributed by atoms with Gasteiger partial charge in [-0.25, -0.2) is 0 Å². The van der Waals surface area contributed by atoms with Crippen LogP contribution in [0.3, 0.4) is 0 Å². The topological polar surface area (TPSA) is 58.1 Å². The van der Waals surface area contributed by atoms with Crippen LogP contribution < -0.4 is 20.1 Å². The highest BCUT2D eigenvalue weighted by atomic mass is 16.5. The second kappa shape index (κ2) is 11.8. The van der Waals surface area contributed by atoms with E-state index in [9.17, 15) is 0 Å². The minimum absolute atomic E-state index is 0.569. The van der Waals surface area contributed by atoms with Gasteiger partial charge in [0.25, 0.3) is 0 Å². The molecule has 146 valence electrons. The average molecular weight is 370 g/mol. The van der Waals surface area contributed by atoms with Crippen molar-refractivity contribution in [3.05, 3.63) is 60.2 Å². The van der Waals surface area contributed by atoms with Gasteiger partial charge in [0.2, 0.25) is 0 Å². The van der Waals surface area contributed by atoms with E-state index in [2.05, 4.69) is 32.7 Å². The Morgan fingerprint density at radius 1 is 0.926 bits per heavy atom. The molecule has 6 heteroatoms. The van der Waals surface area contributed by atoms with Crippen LogP contribution in [0.4, 0.5) is 0 Å². The summed E-state index contributed by atoms with van der Waals surface area (Å²) in [5, 5.41) is 6.55. The number of guanidine groups is 1. The van der Waals surface area contributed by atoms with E-state index in [1.165, 1.54) is 0 Å². The lowest BCUT2D eigenvalue weighted by molar-refractivity contribution is 0.261. The van der Waals surface area contributed by atoms with Crippen molar-refractivity contribution in [2.45, 2.75) is 6.54 Å². The molecule has 2 aromatic carbocycles. The maximum absolute atomic E-state index is 5.78. The van der Waals surface area contributed by atoms with Gasteiger partial charge < -0.3 is 25.0 Å². The van der Waals surface area contributed by atoms with Gasteiger partial charge >= 0.3 is 0 Å². The number of hydrogen-bond donors (Lipinski definition) is 2. The SMILES string of the molecule is CN=C(NCCOc1ccccc1)NCc1cccc(OCCN(C)C)c1. The lowest BCUT2D eigenvalue weighted by Gasteiger charge is -2.14. The minimum Gasteiger partial charge on any atom is -0.492 e. The molecule has 2 N–H and O–H groups in total. The summed E-state index contributed by atoms with van der Waals surface area (Å²) < 4.78 is 11.4. The molecule has 0 aliphatic heterocycles. The third-order valence-corrected chi connectivity index (χ3v) is 3.80. The molecule has 0 fully saturated rings. The number of likely N-dealkylation sites (N-methyl/N-ethyl adjacent to an activating group) is 1. The lowest BCUT2D eigenvalue weighted by atomic mass is 10.2. The van der Waals surface area contributed by atoms with Gasteiger partial charge in [-0.15, -0.1) is 0 Å². The summed E-state index contributed by atoms with van der Waals surface area (Å²) in [6.07, 6.45) is 0. The highest BCUT2D eigenvalue weighted by molar-refractivity contribution is 5.79. The number of para-hydroxylation sites is 1. The van der Waals surface area contributed by atoms with E-state index in [0.29, 0.717) is 26.3 Å². The summed E-state index contributed by atoms with van der Waals surface area (Å²) in [5.74, 6) is 2.49. The first-order chi connectivity index (χ1) is 13.2. The van der Waals surface area contributed by atoms with Gasteiger partial charge in [0, 0.05) is 20.1 Å². The normalized spacial score (nSPS) is 11.3. The van der Waals surface area contributed by atoms with Gasteiger partial charge in [-0.3, -0.25) is 4.99 Å². The second-order valence-electron chi connectivity index (χ2n) is 6.31. The van der Waals surface area contributed by atoms with E-state index in [1.807, 2.05) is 56.6 Å². The molecule has 0 amide bonds. The first-order valence-corrected chi connectivity index (χ1v) is 9.16. The third-order valence-electron chi connectivity index (χ3n) is 3.80. The van der Waals surface area contributed by atoms with Crippen molar-refractivity contribution in [1.29, 1.82) is 0 Å². The van der Waals surface area contributed by atoms with Crippen molar-refractivity contribution in [1.82, 2.24) is 15.5 Å². The van der Waals surface area contributed by atoms with Crippen LogP contribution in [0.25, 0.3) is 0 Å². The van der Waals surface area contributed by atoms with Gasteiger partial charge in [0.05, 0.1) is 6.54 Å². The summed E-state index contributed by atoms with van der Waals surface area (Å²) in [6, 6.07) is 17.9. The largest absolute Gasteiger partial charge is 0.492 e. The monoisotopic (exact) mass is 370 g/mol. The zero-order valence-corrected chi connectivity index (χ0v) is 16.4. The Morgan fingerprint density at radius 3 is 2.41 bits per heavy atom. The van der Waals surface area contributed by atoms with Crippen molar-refractivity contribution in [3.63, 3.8) is 0 Å². The average Bonchev–Trinajstić information content (AvgIpc) is 2.68. The van der Waals surface area contributed by atoms with E-state index < -0.39 is 0 Å². The first kappa shape index (κ1) is 20.6. The number of nitrogens with zero attached hydrogens (tertiary/aromatic N) is 2. The molecule has 0 spiro atoms. The maximum atomic E-state index is 5.78. The lowest BCUT2D eigenvalue weighted by Crippen LogP contribution is -2.38. The Morgan fingerprint density at radius 2 is 1.67 bits per heavy atom. The van der Waals surface area contributed by atoms with Crippen LogP contribution in [-0.2, 0) is 6.54 Å². The zero-order chi connectivity index (χ0) is 19.3. The third kappa shape index (κ3) is 8.46. The van der Waals surface area contributed by atoms with Crippen LogP contribution in [0.2, 0.25) is 0 Å². The molecule has 2 aromatic rings. The minimum atomic E-state index is 0.569. The molecule has 0 bridgehead atoms. The van der Waals surface area contributed by atoms with Crippen molar-refractivity contribution in [2.24, 2.45) is 4.99 Å². The fourth-order valence-corrected chi connectivity index (χ4v) is 2.35. The quantitative estimate of drug-likeness (QED) is 0.382. The van der Waals surface area contributed by atoms with E-state index in [0.717, 1.165) is 29.6 Å². The fourth-order valence-electron chi connectivity index (χ4n) is 2.35. The Hall–Kier alpha value is -2.73. The Balaban J connectivity index is 1.70. The number of benzene rings is 2. The molecular formula is C21H30N4O2. The molecular weight excluding hydrogens is 340 g/mol. The number of rotatable bonds is 10. The van der Waals surface area contributed by atoms with Gasteiger partial charge in [0.15, 0.2) is 5.96 Å². The molecule has 0 aromatic heterocycles. The number of nitrogens with one attached hydrogen (secondary N) is 2. The number of aliphatic imine (C=N–C) groups is 1. The van der Waals surface area contributed by atoms with E-state index >= 15 is 0 Å². The predicted molar refractivity (Wildman–Crippen MR) is 111 cm³/mol. The molecule has 0 atom stereocenters. The van der Waals surface area contributed by atoms with Crippen LogP contribution in [0.1, 0.15) is 5.56 Å². The highest BCUT2D eigenvalue weighted by Crippen LogP contribution is 2.13. The Kier molecular flexibility index (Phi) is 9.00. The summed E-state index contributed by atoms with van der Waals surface area (Å²) in [5.41, 5.74) is 1.14. The summed E-state index contributed by atoms with van der Waals surface area (Å²) >= 11 is 0. The number of ether oxygens (including phenoxy) is 2. The second-order valence-corrected chi connectivity index (χ2v) is 6.31. The predicted octanol–water partition coefficient (Wildman–Crippen LogP) is 2.37. The number of hydrogen-bond acceptors (Lipinski definition) is 4. The Labute approximate surface area is 162 Å². The fraction of sp³-hybridized carbons (Fsp3) is 0.381. The van der Waals surface area contributed by atoms with Crippen molar-refractivity contribution in [2.75, 3.05) is 47.4 Å². The molecule has 0 aliphatic carbocycles. The Bertz CT molecular complexity index is 690. The molecule has 0 radical (unpaired) electrons. The van der Waals surface area contributed by atoms with E-state index in [-0.39, 0.29) is 0 Å². The van der Waals surface area contributed by atoms with Crippen LogP contribution in [-0.4, -0.2) is 58.3 Å². The van der Waals surface area contributed by atoms with Crippen molar-refractivity contribution < 1.29 is 9.47 Å². The molecule has 0 unspecified atom stereocenters. The van der Waals surface area contributed by atoms with Crippen molar-refractivity contribution in [3.8, 4) is 11.5 Å². The van der Waals surface area contributed by atoms with Crippen LogP contribution in [0.15, 0.2) is 59.6 Å². The van der Waals surface area contributed by atoms with Gasteiger partial charge in [0.1, 0.15) is 24.7 Å². The van der Waals surface area contributed by atoms with Crippen LogP contribution >= 0.6 is 0 Å². The molecule has 6 nitrogen and oxygen atoms in total. The molecule has 2 rings (SSSR count). The van der Waals surface area contributed by atoms with E-state index in [1.54, 1.807) is 7.05 Å². The summed E-state index contributed by atoms with van der Waals surface area (Å²) in [7, 11) is 5.83. The molecule has 0 heterocycles. The van der Waals surface area contributed by atoms with Crippen LogP contribution in [0.5, 0.6) is 11.5 Å². The van der Waals surface area contributed by atoms with Crippen LogP contribution in [0, 0.1) is 0 Å². The molecule has 27 heavy (non-hydrogen) atoms. The smallest absolute Gasteiger partial charge is 0.191 e.